The fraction of sp³-hybridized carbons (Fsp3) is 0.250. The molecule has 1 aliphatic rings. The molecule has 0 aliphatic carbocycles. The number of fused-ring (bicyclic) bond motifs is 1. The van der Waals surface area contributed by atoms with Gasteiger partial charge in [-0.05, 0) is 59.4 Å². The number of furan rings is 1. The molecule has 4 rings (SSSR count). The maximum absolute atomic E-state index is 12.5. The van der Waals surface area contributed by atoms with E-state index in [2.05, 4.69) is 50.2 Å². The fourth-order valence-electron chi connectivity index (χ4n) is 3.15. The number of carbonyl (C=O) groups is 1. The van der Waals surface area contributed by atoms with E-state index in [-0.39, 0.29) is 5.91 Å². The summed E-state index contributed by atoms with van der Waals surface area (Å²) in [6.07, 6.45) is 0. The lowest BCUT2D eigenvalue weighted by Crippen LogP contribution is -2.44. The molecule has 1 saturated heterocycles. The van der Waals surface area contributed by atoms with Crippen LogP contribution in [-0.2, 0) is 0 Å². The Labute approximate surface area is 160 Å². The number of piperazine rings is 1. The van der Waals surface area contributed by atoms with Gasteiger partial charge in [-0.15, -0.1) is 0 Å². The summed E-state index contributed by atoms with van der Waals surface area (Å²) in [7, 11) is 2.15. The number of amides is 1. The molecule has 0 bridgehead atoms. The molecular formula is C20H20BrN3O2. The fourth-order valence-corrected chi connectivity index (χ4v) is 3.61. The number of anilines is 2. The number of hydrogen-bond acceptors (Lipinski definition) is 4. The zero-order valence-corrected chi connectivity index (χ0v) is 16.1. The van der Waals surface area contributed by atoms with Gasteiger partial charge in [0, 0.05) is 42.9 Å². The summed E-state index contributed by atoms with van der Waals surface area (Å²) < 4.78 is 6.53. The van der Waals surface area contributed by atoms with E-state index in [0.717, 1.165) is 41.7 Å². The number of likely N-dealkylation sites (N-methyl/N-ethyl adjacent to an activating group) is 1. The molecule has 5 nitrogen and oxygen atoms in total. The minimum Gasteiger partial charge on any atom is -0.450 e. The average Bonchev–Trinajstić information content (AvgIpc) is 3.09. The summed E-state index contributed by atoms with van der Waals surface area (Å²) in [6, 6.07) is 15.5. The van der Waals surface area contributed by atoms with Crippen LogP contribution in [0.2, 0.25) is 0 Å². The molecule has 6 heteroatoms. The van der Waals surface area contributed by atoms with Crippen LogP contribution < -0.4 is 10.2 Å². The minimum absolute atomic E-state index is 0.250. The van der Waals surface area contributed by atoms with Gasteiger partial charge in [-0.1, -0.05) is 12.1 Å². The predicted molar refractivity (Wildman–Crippen MR) is 108 cm³/mol. The van der Waals surface area contributed by atoms with Crippen LogP contribution in [-0.4, -0.2) is 44.0 Å². The first-order chi connectivity index (χ1) is 12.6. The molecule has 3 aromatic rings. The minimum atomic E-state index is -0.250. The maximum Gasteiger partial charge on any atom is 0.291 e. The number of rotatable bonds is 3. The third-order valence-electron chi connectivity index (χ3n) is 4.71. The summed E-state index contributed by atoms with van der Waals surface area (Å²) >= 11 is 3.44. The van der Waals surface area contributed by atoms with E-state index in [9.17, 15) is 4.79 Å². The number of nitrogens with one attached hydrogen (secondary N) is 1. The van der Waals surface area contributed by atoms with E-state index in [1.807, 2.05) is 30.3 Å². The lowest BCUT2D eigenvalue weighted by Gasteiger charge is -2.34. The normalized spacial score (nSPS) is 15.4. The number of nitrogens with zero attached hydrogens (tertiary/aromatic N) is 2. The van der Waals surface area contributed by atoms with Crippen LogP contribution in [0.5, 0.6) is 0 Å². The van der Waals surface area contributed by atoms with Crippen LogP contribution in [0.4, 0.5) is 11.4 Å². The quantitative estimate of drug-likeness (QED) is 0.698. The van der Waals surface area contributed by atoms with Gasteiger partial charge in [-0.3, -0.25) is 4.79 Å². The number of halogens is 1. The van der Waals surface area contributed by atoms with Crippen molar-refractivity contribution in [3.63, 3.8) is 0 Å². The molecule has 2 aromatic carbocycles. The number of hydrogen-bond donors (Lipinski definition) is 1. The van der Waals surface area contributed by atoms with E-state index in [0.29, 0.717) is 11.3 Å². The molecule has 26 heavy (non-hydrogen) atoms. The molecule has 1 aromatic heterocycles. The van der Waals surface area contributed by atoms with E-state index >= 15 is 0 Å². The Balaban J connectivity index is 1.46. The second kappa shape index (κ2) is 7.13. The van der Waals surface area contributed by atoms with Crippen molar-refractivity contribution in [2.75, 3.05) is 43.4 Å². The van der Waals surface area contributed by atoms with Gasteiger partial charge < -0.3 is 19.5 Å². The highest BCUT2D eigenvalue weighted by atomic mass is 79.9. The van der Waals surface area contributed by atoms with Crippen molar-refractivity contribution >= 4 is 44.2 Å². The molecule has 134 valence electrons. The Morgan fingerprint density at radius 1 is 1.08 bits per heavy atom. The van der Waals surface area contributed by atoms with Gasteiger partial charge in [0.1, 0.15) is 5.58 Å². The van der Waals surface area contributed by atoms with Gasteiger partial charge in [0.15, 0.2) is 5.76 Å². The van der Waals surface area contributed by atoms with Gasteiger partial charge in [-0.2, -0.15) is 0 Å². The number of benzene rings is 2. The molecule has 0 unspecified atom stereocenters. The van der Waals surface area contributed by atoms with Gasteiger partial charge in [0.25, 0.3) is 5.91 Å². The van der Waals surface area contributed by atoms with Gasteiger partial charge >= 0.3 is 0 Å². The van der Waals surface area contributed by atoms with E-state index < -0.39 is 0 Å². The molecule has 0 atom stereocenters. The SMILES string of the molecule is CN1CCN(c2ccc(NC(=O)c3cc4cccc(Br)c4o3)cc2)CC1. The second-order valence-electron chi connectivity index (χ2n) is 6.56. The summed E-state index contributed by atoms with van der Waals surface area (Å²) in [5.41, 5.74) is 2.62. The maximum atomic E-state index is 12.5. The highest BCUT2D eigenvalue weighted by Crippen LogP contribution is 2.27. The van der Waals surface area contributed by atoms with Crippen molar-refractivity contribution < 1.29 is 9.21 Å². The smallest absolute Gasteiger partial charge is 0.291 e. The van der Waals surface area contributed by atoms with Crippen LogP contribution in [0.3, 0.4) is 0 Å². The molecular weight excluding hydrogens is 394 g/mol. The van der Waals surface area contributed by atoms with Crippen molar-refractivity contribution in [1.82, 2.24) is 4.90 Å². The highest BCUT2D eigenvalue weighted by Gasteiger charge is 2.16. The first kappa shape index (κ1) is 17.1. The van der Waals surface area contributed by atoms with Crippen LogP contribution >= 0.6 is 15.9 Å². The molecule has 1 amide bonds. The summed E-state index contributed by atoms with van der Waals surface area (Å²) in [6.45, 7) is 4.19. The third kappa shape index (κ3) is 3.48. The molecule has 0 spiro atoms. The lowest BCUT2D eigenvalue weighted by molar-refractivity contribution is 0.0998. The average molecular weight is 414 g/mol. The molecule has 1 N–H and O–H groups in total. The number of para-hydroxylation sites is 1. The standard InChI is InChI=1S/C20H20BrN3O2/c1-23-9-11-24(12-10-23)16-7-5-15(6-8-16)22-20(25)18-13-14-3-2-4-17(21)19(14)26-18/h2-8,13H,9-12H2,1H3,(H,22,25). The van der Waals surface area contributed by atoms with Gasteiger partial charge in [-0.25, -0.2) is 0 Å². The van der Waals surface area contributed by atoms with Crippen molar-refractivity contribution in [3.8, 4) is 0 Å². The number of carbonyl (C=O) groups excluding carboxylic acids is 1. The van der Waals surface area contributed by atoms with Crippen LogP contribution in [0.1, 0.15) is 10.6 Å². The third-order valence-corrected chi connectivity index (χ3v) is 5.34. The van der Waals surface area contributed by atoms with Crippen LogP contribution in [0, 0.1) is 0 Å². The van der Waals surface area contributed by atoms with E-state index in [1.54, 1.807) is 6.07 Å². The van der Waals surface area contributed by atoms with Crippen LogP contribution in [0.15, 0.2) is 57.4 Å². The van der Waals surface area contributed by atoms with Crippen molar-refractivity contribution in [2.24, 2.45) is 0 Å². The molecule has 0 radical (unpaired) electrons. The Hall–Kier alpha value is -2.31. The topological polar surface area (TPSA) is 48.7 Å². The van der Waals surface area contributed by atoms with Crippen molar-refractivity contribution in [2.45, 2.75) is 0 Å². The highest BCUT2D eigenvalue weighted by molar-refractivity contribution is 9.10. The molecule has 2 heterocycles. The Kier molecular flexibility index (Phi) is 4.70. The largest absolute Gasteiger partial charge is 0.450 e. The Morgan fingerprint density at radius 2 is 1.81 bits per heavy atom. The molecule has 1 fully saturated rings. The zero-order chi connectivity index (χ0) is 18.1. The summed E-state index contributed by atoms with van der Waals surface area (Å²) in [4.78, 5) is 17.2. The van der Waals surface area contributed by atoms with Crippen LogP contribution in [0.25, 0.3) is 11.0 Å². The first-order valence-corrected chi connectivity index (χ1v) is 9.42. The Morgan fingerprint density at radius 3 is 2.50 bits per heavy atom. The first-order valence-electron chi connectivity index (χ1n) is 8.63. The predicted octanol–water partition coefficient (Wildman–Crippen LogP) is 4.20. The molecule has 0 saturated carbocycles. The van der Waals surface area contributed by atoms with Crippen molar-refractivity contribution in [1.29, 1.82) is 0 Å². The van der Waals surface area contributed by atoms with Crippen molar-refractivity contribution in [3.05, 3.63) is 58.8 Å². The monoisotopic (exact) mass is 413 g/mol. The summed E-state index contributed by atoms with van der Waals surface area (Å²) in [5, 5.41) is 3.80. The lowest BCUT2D eigenvalue weighted by atomic mass is 10.2. The second-order valence-corrected chi connectivity index (χ2v) is 7.41. The summed E-state index contributed by atoms with van der Waals surface area (Å²) in [5.74, 6) is 0.0514. The Bertz CT molecular complexity index is 928. The van der Waals surface area contributed by atoms with Gasteiger partial charge in [0.05, 0.1) is 4.47 Å². The zero-order valence-electron chi connectivity index (χ0n) is 14.5. The van der Waals surface area contributed by atoms with E-state index in [1.165, 1.54) is 5.69 Å². The molecule has 1 aliphatic heterocycles. The van der Waals surface area contributed by atoms with Gasteiger partial charge in [0.2, 0.25) is 0 Å². The van der Waals surface area contributed by atoms with E-state index in [4.69, 9.17) is 4.42 Å².